The molecule has 1 aliphatic heterocycles. The molecule has 158 valence electrons. The molecule has 28 heavy (non-hydrogen) atoms. The van der Waals surface area contributed by atoms with Crippen molar-refractivity contribution in [3.8, 4) is 0 Å². The second kappa shape index (κ2) is 10.0. The lowest BCUT2D eigenvalue weighted by molar-refractivity contribution is -0.903. The number of aliphatic hydroxyl groups is 1. The van der Waals surface area contributed by atoms with Crippen molar-refractivity contribution in [3.05, 3.63) is 30.1 Å². The van der Waals surface area contributed by atoms with Crippen molar-refractivity contribution in [1.82, 2.24) is 0 Å². The molecule has 5 heteroatoms. The Balaban J connectivity index is 1.40. The summed E-state index contributed by atoms with van der Waals surface area (Å²) < 4.78 is 19.3. The zero-order chi connectivity index (χ0) is 20.1. The summed E-state index contributed by atoms with van der Waals surface area (Å²) in [4.78, 5) is 3.72. The minimum absolute atomic E-state index is 0.191. The Kier molecular flexibility index (Phi) is 7.72. The predicted molar refractivity (Wildman–Crippen MR) is 111 cm³/mol. The predicted octanol–water partition coefficient (Wildman–Crippen LogP) is 2.37. The molecule has 0 aromatic heterocycles. The van der Waals surface area contributed by atoms with Crippen LogP contribution in [0.2, 0.25) is 0 Å². The van der Waals surface area contributed by atoms with Crippen molar-refractivity contribution in [3.63, 3.8) is 0 Å². The molecule has 0 unspecified atom stereocenters. The summed E-state index contributed by atoms with van der Waals surface area (Å²) in [6, 6.07) is 6.73. The minimum Gasteiger partial charge on any atom is -0.385 e. The van der Waals surface area contributed by atoms with Gasteiger partial charge in [0, 0.05) is 5.69 Å². The van der Waals surface area contributed by atoms with Gasteiger partial charge < -0.3 is 19.6 Å². The van der Waals surface area contributed by atoms with Crippen LogP contribution in [0.15, 0.2) is 24.3 Å². The normalized spacial score (nSPS) is 27.9. The maximum absolute atomic E-state index is 13.1. The summed E-state index contributed by atoms with van der Waals surface area (Å²) in [5, 5.41) is 10.5. The highest BCUT2D eigenvalue weighted by atomic mass is 19.1. The first-order valence-corrected chi connectivity index (χ1v) is 11.1. The fraction of sp³-hybridized carbons (Fsp3) is 0.739. The Labute approximate surface area is 169 Å². The van der Waals surface area contributed by atoms with Crippen molar-refractivity contribution in [2.75, 3.05) is 44.2 Å². The number of anilines is 1. The lowest BCUT2D eigenvalue weighted by Crippen LogP contribution is -3.16. The number of piperazine rings is 1. The average Bonchev–Trinajstić information content (AvgIpc) is 2.67. The highest BCUT2D eigenvalue weighted by Gasteiger charge is 2.32. The van der Waals surface area contributed by atoms with Gasteiger partial charge in [-0.25, -0.2) is 4.39 Å². The van der Waals surface area contributed by atoms with E-state index in [0.717, 1.165) is 50.7 Å². The number of hydrogen-bond donors (Lipinski definition) is 2. The van der Waals surface area contributed by atoms with Gasteiger partial charge in [-0.2, -0.15) is 0 Å². The van der Waals surface area contributed by atoms with E-state index in [2.05, 4.69) is 25.7 Å². The smallest absolute Gasteiger partial charge is 0.126 e. The van der Waals surface area contributed by atoms with Gasteiger partial charge in [0.25, 0.3) is 0 Å². The molecular weight excluding hydrogens is 355 g/mol. The lowest BCUT2D eigenvalue weighted by Gasteiger charge is -2.38. The number of ether oxygens (including phenoxy) is 1. The summed E-state index contributed by atoms with van der Waals surface area (Å²) in [7, 11) is 0. The van der Waals surface area contributed by atoms with Gasteiger partial charge in [0.05, 0.1) is 38.9 Å². The van der Waals surface area contributed by atoms with E-state index in [-0.39, 0.29) is 5.82 Å². The molecule has 2 aliphatic rings. The van der Waals surface area contributed by atoms with Crippen LogP contribution in [0.3, 0.4) is 0 Å². The molecule has 4 nitrogen and oxygen atoms in total. The van der Waals surface area contributed by atoms with E-state index >= 15 is 0 Å². The van der Waals surface area contributed by atoms with E-state index in [1.165, 1.54) is 29.9 Å². The fourth-order valence-corrected chi connectivity index (χ4v) is 4.87. The van der Waals surface area contributed by atoms with Gasteiger partial charge >= 0.3 is 0 Å². The minimum atomic E-state index is -0.405. The van der Waals surface area contributed by atoms with Gasteiger partial charge in [-0.1, -0.05) is 27.2 Å². The lowest BCUT2D eigenvalue weighted by atomic mass is 9.75. The van der Waals surface area contributed by atoms with Crippen LogP contribution in [0, 0.1) is 23.6 Å². The number of rotatable bonds is 7. The number of hydrogen-bond acceptors (Lipinski definition) is 3. The first-order chi connectivity index (χ1) is 13.4. The number of nitrogens with one attached hydrogen (secondary N) is 1. The molecule has 3 rings (SSSR count). The largest absolute Gasteiger partial charge is 0.385 e. The Morgan fingerprint density at radius 2 is 1.86 bits per heavy atom. The van der Waals surface area contributed by atoms with E-state index in [0.29, 0.717) is 24.5 Å². The maximum Gasteiger partial charge on any atom is 0.126 e. The standard InChI is InChI=1S/C23H37FN2O2/c1-17(2)22-9-4-18(3)14-23(22)28-16-21(27)15-25-10-12-26(13-11-25)20-7-5-19(24)6-8-20/h5-8,17-18,21-23,27H,4,9-16H2,1-3H3/p+1/t18-,21+,22-,23+/m0/s1. The van der Waals surface area contributed by atoms with Gasteiger partial charge in [-0.3, -0.25) is 0 Å². The summed E-state index contributed by atoms with van der Waals surface area (Å²) in [6.45, 7) is 11.9. The molecule has 1 aliphatic carbocycles. The molecule has 0 spiro atoms. The van der Waals surface area contributed by atoms with E-state index < -0.39 is 6.10 Å². The first kappa shape index (κ1) is 21.5. The Morgan fingerprint density at radius 3 is 2.50 bits per heavy atom. The Hall–Kier alpha value is -1.17. The van der Waals surface area contributed by atoms with Crippen molar-refractivity contribution in [2.24, 2.45) is 17.8 Å². The van der Waals surface area contributed by atoms with Gasteiger partial charge in [0.2, 0.25) is 0 Å². The summed E-state index contributed by atoms with van der Waals surface area (Å²) in [5.74, 6) is 1.79. The van der Waals surface area contributed by atoms with Gasteiger partial charge in [-0.05, 0) is 54.9 Å². The first-order valence-electron chi connectivity index (χ1n) is 11.1. The Morgan fingerprint density at radius 1 is 1.18 bits per heavy atom. The third-order valence-electron chi connectivity index (χ3n) is 6.65. The number of halogens is 1. The number of quaternary nitrogens is 1. The van der Waals surface area contributed by atoms with E-state index in [4.69, 9.17) is 4.74 Å². The average molecular weight is 394 g/mol. The molecule has 2 N–H and O–H groups in total. The molecule has 1 aromatic rings. The summed E-state index contributed by atoms with van der Waals surface area (Å²) in [5.41, 5.74) is 1.08. The van der Waals surface area contributed by atoms with Crippen molar-refractivity contribution in [2.45, 2.75) is 52.2 Å². The SMILES string of the molecule is CC(C)[C@@H]1CC[C@H](C)C[C@H]1OC[C@H](O)C[NH+]1CCN(c2ccc(F)cc2)CC1. The van der Waals surface area contributed by atoms with Gasteiger partial charge in [0.1, 0.15) is 18.5 Å². The molecule has 1 saturated heterocycles. The van der Waals surface area contributed by atoms with Crippen molar-refractivity contribution in [1.29, 1.82) is 0 Å². The highest BCUT2D eigenvalue weighted by Crippen LogP contribution is 2.35. The zero-order valence-corrected chi connectivity index (χ0v) is 17.7. The van der Waals surface area contributed by atoms with Crippen LogP contribution < -0.4 is 9.80 Å². The third-order valence-corrected chi connectivity index (χ3v) is 6.65. The Bertz CT molecular complexity index is 587. The molecule has 0 bridgehead atoms. The topological polar surface area (TPSA) is 37.1 Å². The third kappa shape index (κ3) is 5.91. The molecular formula is C23H38FN2O2+. The molecule has 1 heterocycles. The van der Waals surface area contributed by atoms with Gasteiger partial charge in [0.15, 0.2) is 0 Å². The fourth-order valence-electron chi connectivity index (χ4n) is 4.87. The molecule has 1 saturated carbocycles. The molecule has 4 atom stereocenters. The maximum atomic E-state index is 13.1. The number of nitrogens with zero attached hydrogens (tertiary/aromatic N) is 1. The summed E-state index contributed by atoms with van der Waals surface area (Å²) in [6.07, 6.45) is 3.56. The molecule has 2 fully saturated rings. The van der Waals surface area contributed by atoms with Crippen LogP contribution in [0.4, 0.5) is 10.1 Å². The van der Waals surface area contributed by atoms with Crippen LogP contribution in [-0.4, -0.2) is 56.6 Å². The zero-order valence-electron chi connectivity index (χ0n) is 17.7. The van der Waals surface area contributed by atoms with E-state index in [1.54, 1.807) is 0 Å². The number of benzene rings is 1. The van der Waals surface area contributed by atoms with Gasteiger partial charge in [-0.15, -0.1) is 0 Å². The molecule has 0 amide bonds. The van der Waals surface area contributed by atoms with Crippen molar-refractivity contribution >= 4 is 5.69 Å². The second-order valence-electron chi connectivity index (χ2n) is 9.27. The van der Waals surface area contributed by atoms with Crippen LogP contribution in [0.1, 0.15) is 40.0 Å². The van der Waals surface area contributed by atoms with E-state index in [9.17, 15) is 9.50 Å². The van der Waals surface area contributed by atoms with Crippen molar-refractivity contribution < 1.29 is 19.1 Å². The van der Waals surface area contributed by atoms with Crippen LogP contribution in [0.25, 0.3) is 0 Å². The van der Waals surface area contributed by atoms with Crippen LogP contribution in [0.5, 0.6) is 0 Å². The quantitative estimate of drug-likeness (QED) is 0.747. The molecule has 1 aromatic carbocycles. The van der Waals surface area contributed by atoms with Crippen LogP contribution >= 0.6 is 0 Å². The summed E-state index contributed by atoms with van der Waals surface area (Å²) >= 11 is 0. The molecule has 0 radical (unpaired) electrons. The van der Waals surface area contributed by atoms with E-state index in [1.807, 2.05) is 12.1 Å². The second-order valence-corrected chi connectivity index (χ2v) is 9.27. The monoisotopic (exact) mass is 393 g/mol. The van der Waals surface area contributed by atoms with Crippen LogP contribution in [-0.2, 0) is 4.74 Å². The number of aliphatic hydroxyl groups excluding tert-OH is 1. The highest BCUT2D eigenvalue weighted by molar-refractivity contribution is 5.46.